The summed E-state index contributed by atoms with van der Waals surface area (Å²) in [7, 11) is 1.61. The van der Waals surface area contributed by atoms with Gasteiger partial charge >= 0.3 is 0 Å². The number of nitrogens with zero attached hydrogens (tertiary/aromatic N) is 3. The smallest absolute Gasteiger partial charge is 0.275 e. The number of anilines is 1. The third-order valence-electron chi connectivity index (χ3n) is 3.26. The lowest BCUT2D eigenvalue weighted by Gasteiger charge is -2.03. The van der Waals surface area contributed by atoms with Crippen LogP contribution in [-0.4, -0.2) is 27.8 Å². The molecule has 1 amide bonds. The Bertz CT molecular complexity index is 837. The maximum atomic E-state index is 12.4. The zero-order valence-corrected chi connectivity index (χ0v) is 13.4. The van der Waals surface area contributed by atoms with Gasteiger partial charge in [0.2, 0.25) is 0 Å². The molecule has 6 nitrogen and oxygen atoms in total. The molecular weight excluding hydrogens is 300 g/mol. The number of methoxy groups -OCH3 is 1. The zero-order valence-electron chi connectivity index (χ0n) is 12.6. The quantitative estimate of drug-likeness (QED) is 0.803. The van der Waals surface area contributed by atoms with Gasteiger partial charge in [0.1, 0.15) is 17.0 Å². The van der Waals surface area contributed by atoms with Gasteiger partial charge in [0.05, 0.1) is 17.5 Å². The predicted molar refractivity (Wildman–Crippen MR) is 86.8 cm³/mol. The van der Waals surface area contributed by atoms with Crippen LogP contribution in [0.1, 0.15) is 23.1 Å². The summed E-state index contributed by atoms with van der Waals surface area (Å²) in [6.45, 7) is 4.46. The van der Waals surface area contributed by atoms with E-state index in [2.05, 4.69) is 15.4 Å². The van der Waals surface area contributed by atoms with Crippen LogP contribution in [0.25, 0.3) is 10.2 Å². The largest absolute Gasteiger partial charge is 0.494 e. The van der Waals surface area contributed by atoms with Crippen LogP contribution in [0.5, 0.6) is 5.75 Å². The van der Waals surface area contributed by atoms with Crippen molar-refractivity contribution in [1.82, 2.24) is 14.8 Å². The minimum Gasteiger partial charge on any atom is -0.494 e. The molecule has 7 heteroatoms. The molecule has 0 aliphatic rings. The van der Waals surface area contributed by atoms with Crippen molar-refractivity contribution in [1.29, 1.82) is 0 Å². The molecule has 1 N–H and O–H groups in total. The van der Waals surface area contributed by atoms with E-state index in [1.165, 1.54) is 11.3 Å². The molecule has 0 aliphatic carbocycles. The maximum Gasteiger partial charge on any atom is 0.275 e. The van der Waals surface area contributed by atoms with E-state index in [9.17, 15) is 4.79 Å². The summed E-state index contributed by atoms with van der Waals surface area (Å²) in [5.74, 6) is 0.490. The van der Waals surface area contributed by atoms with Crippen molar-refractivity contribution in [3.63, 3.8) is 0 Å². The first-order valence-corrected chi connectivity index (χ1v) is 7.73. The molecule has 22 heavy (non-hydrogen) atoms. The number of benzene rings is 1. The van der Waals surface area contributed by atoms with Crippen LogP contribution in [0.3, 0.4) is 0 Å². The number of aryl methyl sites for hydroxylation is 2. The average molecular weight is 316 g/mol. The van der Waals surface area contributed by atoms with Crippen molar-refractivity contribution in [3.8, 4) is 5.75 Å². The van der Waals surface area contributed by atoms with Crippen LogP contribution in [0, 0.1) is 6.92 Å². The van der Waals surface area contributed by atoms with Gasteiger partial charge < -0.3 is 4.74 Å². The average Bonchev–Trinajstić information content (AvgIpc) is 3.09. The number of carbonyl (C=O) groups excluding carboxylic acids is 1. The summed E-state index contributed by atoms with van der Waals surface area (Å²) in [6.07, 6.45) is 0. The number of hydrogen-bond acceptors (Lipinski definition) is 5. The van der Waals surface area contributed by atoms with Gasteiger partial charge in [-0.25, -0.2) is 4.98 Å². The fourth-order valence-corrected chi connectivity index (χ4v) is 3.15. The third-order valence-corrected chi connectivity index (χ3v) is 4.19. The number of para-hydroxylation sites is 1. The van der Waals surface area contributed by atoms with E-state index in [0.717, 1.165) is 15.9 Å². The summed E-state index contributed by atoms with van der Waals surface area (Å²) in [5.41, 5.74) is 2.11. The topological polar surface area (TPSA) is 69.0 Å². The van der Waals surface area contributed by atoms with Crippen molar-refractivity contribution >= 4 is 32.6 Å². The molecule has 0 saturated carbocycles. The van der Waals surface area contributed by atoms with E-state index in [1.54, 1.807) is 17.9 Å². The van der Waals surface area contributed by atoms with E-state index in [0.29, 0.717) is 23.1 Å². The van der Waals surface area contributed by atoms with E-state index in [1.807, 2.05) is 32.0 Å². The fourth-order valence-electron chi connectivity index (χ4n) is 2.27. The lowest BCUT2D eigenvalue weighted by molar-refractivity contribution is 0.101. The molecule has 2 heterocycles. The van der Waals surface area contributed by atoms with Crippen molar-refractivity contribution < 1.29 is 9.53 Å². The van der Waals surface area contributed by atoms with Crippen LogP contribution in [-0.2, 0) is 6.54 Å². The van der Waals surface area contributed by atoms with Crippen LogP contribution in [0.4, 0.5) is 5.13 Å². The van der Waals surface area contributed by atoms with Gasteiger partial charge in [0.15, 0.2) is 5.13 Å². The Morgan fingerprint density at radius 3 is 3.00 bits per heavy atom. The molecule has 1 aromatic carbocycles. The van der Waals surface area contributed by atoms with Gasteiger partial charge in [-0.1, -0.05) is 17.4 Å². The zero-order chi connectivity index (χ0) is 15.7. The van der Waals surface area contributed by atoms with Crippen molar-refractivity contribution in [2.24, 2.45) is 0 Å². The number of carbonyl (C=O) groups is 1. The van der Waals surface area contributed by atoms with Crippen molar-refractivity contribution in [3.05, 3.63) is 35.7 Å². The molecule has 0 saturated heterocycles. The molecule has 3 rings (SSSR count). The highest BCUT2D eigenvalue weighted by Crippen LogP contribution is 2.32. The normalized spacial score (nSPS) is 10.9. The minimum atomic E-state index is -0.208. The Morgan fingerprint density at radius 1 is 1.45 bits per heavy atom. The standard InChI is InChI=1S/C15H16N4O2S/c1-4-19-10(8-9(2)18-19)14(20)17-15-16-13-11(21-3)6-5-7-12(13)22-15/h5-8H,4H2,1-3H3,(H,16,17,20). The number of thiazole rings is 1. The highest BCUT2D eigenvalue weighted by molar-refractivity contribution is 7.22. The third kappa shape index (κ3) is 2.55. The van der Waals surface area contributed by atoms with Gasteiger partial charge in [-0.15, -0.1) is 0 Å². The SMILES string of the molecule is CCn1nc(C)cc1C(=O)Nc1nc2c(OC)cccc2s1. The number of aromatic nitrogens is 3. The summed E-state index contributed by atoms with van der Waals surface area (Å²) >= 11 is 1.42. The Hall–Kier alpha value is -2.41. The molecule has 2 aromatic heterocycles. The van der Waals surface area contributed by atoms with Crippen molar-refractivity contribution in [2.45, 2.75) is 20.4 Å². The molecule has 0 spiro atoms. The molecule has 0 radical (unpaired) electrons. The number of nitrogens with one attached hydrogen (secondary N) is 1. The predicted octanol–water partition coefficient (Wildman–Crippen LogP) is 3.08. The highest BCUT2D eigenvalue weighted by Gasteiger charge is 2.16. The van der Waals surface area contributed by atoms with E-state index < -0.39 is 0 Å². The fraction of sp³-hybridized carbons (Fsp3) is 0.267. The second kappa shape index (κ2) is 5.76. The second-order valence-electron chi connectivity index (χ2n) is 4.77. The first-order chi connectivity index (χ1) is 10.6. The summed E-state index contributed by atoms with van der Waals surface area (Å²) in [6, 6.07) is 7.47. The Labute approximate surface area is 131 Å². The Kier molecular flexibility index (Phi) is 3.81. The van der Waals surface area contributed by atoms with Gasteiger partial charge in [-0.05, 0) is 32.0 Å². The van der Waals surface area contributed by atoms with Gasteiger partial charge in [-0.2, -0.15) is 5.10 Å². The van der Waals surface area contributed by atoms with Crippen LogP contribution < -0.4 is 10.1 Å². The van der Waals surface area contributed by atoms with Crippen LogP contribution in [0.15, 0.2) is 24.3 Å². The monoisotopic (exact) mass is 316 g/mol. The first kappa shape index (κ1) is 14.5. The summed E-state index contributed by atoms with van der Waals surface area (Å²) < 4.78 is 7.93. The van der Waals surface area contributed by atoms with Gasteiger partial charge in [-0.3, -0.25) is 14.8 Å². The second-order valence-corrected chi connectivity index (χ2v) is 5.80. The molecule has 0 aliphatic heterocycles. The van der Waals surface area contributed by atoms with Crippen LogP contribution in [0.2, 0.25) is 0 Å². The molecular formula is C15H16N4O2S. The molecule has 0 unspecified atom stereocenters. The van der Waals surface area contributed by atoms with Gasteiger partial charge in [0, 0.05) is 6.54 Å². The maximum absolute atomic E-state index is 12.4. The summed E-state index contributed by atoms with van der Waals surface area (Å²) in [5, 5.41) is 7.67. The molecule has 0 bridgehead atoms. The molecule has 114 valence electrons. The Balaban J connectivity index is 1.91. The Morgan fingerprint density at radius 2 is 2.27 bits per heavy atom. The van der Waals surface area contributed by atoms with E-state index >= 15 is 0 Å². The number of amides is 1. The lowest BCUT2D eigenvalue weighted by atomic mass is 10.3. The van der Waals surface area contributed by atoms with E-state index in [-0.39, 0.29) is 5.91 Å². The molecule has 0 fully saturated rings. The van der Waals surface area contributed by atoms with Gasteiger partial charge in [0.25, 0.3) is 5.91 Å². The lowest BCUT2D eigenvalue weighted by Crippen LogP contribution is -2.17. The highest BCUT2D eigenvalue weighted by atomic mass is 32.1. The number of hydrogen-bond donors (Lipinski definition) is 1. The number of fused-ring (bicyclic) bond motifs is 1. The van der Waals surface area contributed by atoms with E-state index in [4.69, 9.17) is 4.74 Å². The van der Waals surface area contributed by atoms with Crippen LogP contribution >= 0.6 is 11.3 Å². The molecule has 0 atom stereocenters. The number of ether oxygens (including phenoxy) is 1. The molecule has 3 aromatic rings. The van der Waals surface area contributed by atoms with Crippen molar-refractivity contribution in [2.75, 3.05) is 12.4 Å². The minimum absolute atomic E-state index is 0.208. The summed E-state index contributed by atoms with van der Waals surface area (Å²) in [4.78, 5) is 16.8. The first-order valence-electron chi connectivity index (χ1n) is 6.91. The number of rotatable bonds is 4.